The second-order valence-electron chi connectivity index (χ2n) is 23.7. The van der Waals surface area contributed by atoms with Crippen LogP contribution in [0.15, 0.2) is 182 Å². The van der Waals surface area contributed by atoms with Crippen LogP contribution in [0, 0.1) is 0 Å². The van der Waals surface area contributed by atoms with Gasteiger partial charge in [-0.1, -0.05) is 226 Å². The maximum absolute atomic E-state index is 2.78. The molecule has 348 valence electrons. The van der Waals surface area contributed by atoms with Gasteiger partial charge in [-0.15, -0.1) is 11.3 Å². The Labute approximate surface area is 427 Å². The summed E-state index contributed by atoms with van der Waals surface area (Å²) in [5, 5.41) is 10.5. The van der Waals surface area contributed by atoms with Gasteiger partial charge in [0.05, 0.1) is 17.1 Å². The van der Waals surface area contributed by atoms with Gasteiger partial charge in [0.1, 0.15) is 0 Å². The number of hydrogen-bond donors (Lipinski definition) is 0. The van der Waals surface area contributed by atoms with E-state index in [-0.39, 0.29) is 23.1 Å². The molecule has 0 amide bonds. The summed E-state index contributed by atoms with van der Waals surface area (Å²) < 4.78 is 5.44. The Morgan fingerprint density at radius 3 is 1.71 bits per heavy atom. The Morgan fingerprint density at radius 2 is 1.03 bits per heavy atom. The van der Waals surface area contributed by atoms with Gasteiger partial charge < -0.3 is 9.38 Å². The maximum atomic E-state index is 2.78. The summed E-state index contributed by atoms with van der Waals surface area (Å²) in [4.78, 5) is 2.74. The first-order valence-electron chi connectivity index (χ1n) is 25.8. The minimum atomic E-state index is -0.124. The van der Waals surface area contributed by atoms with Gasteiger partial charge in [-0.05, 0) is 100 Å². The van der Waals surface area contributed by atoms with Gasteiger partial charge in [0.2, 0.25) is 0 Å². The van der Waals surface area contributed by atoms with E-state index in [9.17, 15) is 0 Å². The van der Waals surface area contributed by atoms with Crippen molar-refractivity contribution in [2.24, 2.45) is 0 Å². The van der Waals surface area contributed by atoms with Crippen molar-refractivity contribution in [2.75, 3.05) is 4.90 Å². The molecular formula is C68H57BN2S. The van der Waals surface area contributed by atoms with Gasteiger partial charge in [0.15, 0.2) is 0 Å². The molecule has 2 aromatic heterocycles. The van der Waals surface area contributed by atoms with Crippen molar-refractivity contribution in [3.8, 4) is 44.6 Å². The van der Waals surface area contributed by atoms with Gasteiger partial charge >= 0.3 is 6.85 Å². The summed E-state index contributed by atoms with van der Waals surface area (Å²) in [5.41, 5.74) is 20.5. The predicted octanol–water partition coefficient (Wildman–Crippen LogP) is 18.1. The van der Waals surface area contributed by atoms with Gasteiger partial charge in [-0.25, -0.2) is 0 Å². The van der Waals surface area contributed by atoms with E-state index in [1.54, 1.807) is 0 Å². The summed E-state index contributed by atoms with van der Waals surface area (Å²) in [5.74, 6) is 0. The quantitative estimate of drug-likeness (QED) is 0.126. The highest BCUT2D eigenvalue weighted by Gasteiger charge is 2.48. The van der Waals surface area contributed by atoms with Crippen molar-refractivity contribution in [3.05, 3.63) is 199 Å². The minimum absolute atomic E-state index is 0.00468. The molecule has 0 saturated carbocycles. The van der Waals surface area contributed by atoms with Crippen LogP contribution in [0.4, 0.5) is 17.1 Å². The molecule has 0 aliphatic carbocycles. The molecule has 0 radical (unpaired) electrons. The number of aromatic nitrogens is 1. The van der Waals surface area contributed by atoms with Crippen LogP contribution < -0.4 is 15.1 Å². The summed E-state index contributed by atoms with van der Waals surface area (Å²) in [7, 11) is 0. The van der Waals surface area contributed by atoms with Crippen LogP contribution in [0.5, 0.6) is 0 Å². The highest BCUT2D eigenvalue weighted by atomic mass is 32.1. The highest BCUT2D eigenvalue weighted by Crippen LogP contribution is 2.56. The number of nitrogens with zero attached hydrogens (tertiary/aromatic N) is 2. The molecule has 0 bridgehead atoms. The zero-order valence-corrected chi connectivity index (χ0v) is 43.5. The number of benzene rings is 10. The fraction of sp³-hybridized carbons (Fsp3) is 0.176. The fourth-order valence-corrected chi connectivity index (χ4v) is 13.9. The van der Waals surface area contributed by atoms with E-state index in [0.29, 0.717) is 0 Å². The van der Waals surface area contributed by atoms with Crippen LogP contribution in [0.2, 0.25) is 0 Å². The normalized spacial score (nSPS) is 13.6. The fourth-order valence-electron chi connectivity index (χ4n) is 12.6. The lowest BCUT2D eigenvalue weighted by Gasteiger charge is -2.42. The Hall–Kier alpha value is -7.40. The van der Waals surface area contributed by atoms with Crippen molar-refractivity contribution >= 4 is 98.8 Å². The molecular weight excluding hydrogens is 888 g/mol. The summed E-state index contributed by atoms with van der Waals surface area (Å²) in [6, 6.07) is 70.2. The van der Waals surface area contributed by atoms with Crippen molar-refractivity contribution in [1.82, 2.24) is 4.48 Å². The molecule has 2 aliphatic rings. The first-order chi connectivity index (χ1) is 34.6. The molecule has 10 aromatic carbocycles. The van der Waals surface area contributed by atoms with Crippen LogP contribution in [0.1, 0.15) is 79.0 Å². The number of anilines is 3. The molecule has 2 nitrogen and oxygen atoms in total. The standard InChI is InChI=1S/C68H57BN2S/c1-66(2,3)45-31-27-40(28-32-45)53-39-46(67(4,5)6)33-36-54(53)70-63-52-35-30-44-38-47(68(7,8)9)37-43-29-34-49(58(52)56(43)44)59-51-25-18-24-50-57(41-19-12-10-13-20-41)61(42-21-14-11-15-22-42)71(62(50)51)69(60(59)63)65-64(70)48-23-16-17-26-55(48)72-65/h10-39H,1-9H3. The second kappa shape index (κ2) is 15.1. The average molecular weight is 945 g/mol. The molecule has 72 heavy (non-hydrogen) atoms. The third-order valence-electron chi connectivity index (χ3n) is 16.2. The number of fused-ring (bicyclic) bond motifs is 8. The predicted molar refractivity (Wildman–Crippen MR) is 314 cm³/mol. The maximum Gasteiger partial charge on any atom is 0.343 e. The van der Waals surface area contributed by atoms with Crippen LogP contribution in [0.3, 0.4) is 0 Å². The summed E-state index contributed by atoms with van der Waals surface area (Å²) >= 11 is 1.98. The Balaban J connectivity index is 1.21. The van der Waals surface area contributed by atoms with E-state index < -0.39 is 0 Å². The van der Waals surface area contributed by atoms with Gasteiger partial charge in [-0.2, -0.15) is 0 Å². The zero-order chi connectivity index (χ0) is 49.2. The van der Waals surface area contributed by atoms with E-state index in [4.69, 9.17) is 0 Å². The van der Waals surface area contributed by atoms with E-state index in [1.165, 1.54) is 142 Å². The van der Waals surface area contributed by atoms with Crippen molar-refractivity contribution in [3.63, 3.8) is 0 Å². The van der Waals surface area contributed by atoms with Crippen LogP contribution >= 0.6 is 11.3 Å². The zero-order valence-electron chi connectivity index (χ0n) is 42.7. The molecule has 0 N–H and O–H groups in total. The second-order valence-corrected chi connectivity index (χ2v) is 24.8. The third kappa shape index (κ3) is 6.15. The number of rotatable bonds is 4. The number of thiophene rings is 1. The molecule has 0 spiro atoms. The number of hydrogen-bond acceptors (Lipinski definition) is 2. The minimum Gasteiger partial charge on any atom is -0.374 e. The first kappa shape index (κ1) is 43.4. The van der Waals surface area contributed by atoms with Gasteiger partial charge in [0, 0.05) is 58.9 Å². The molecule has 2 aliphatic heterocycles. The monoisotopic (exact) mass is 944 g/mol. The van der Waals surface area contributed by atoms with Crippen LogP contribution in [-0.2, 0) is 16.2 Å². The largest absolute Gasteiger partial charge is 0.374 e. The topological polar surface area (TPSA) is 8.17 Å². The lowest BCUT2D eigenvalue weighted by molar-refractivity contribution is 0.590. The van der Waals surface area contributed by atoms with E-state index in [2.05, 4.69) is 254 Å². The Kier molecular flexibility index (Phi) is 9.09. The summed E-state index contributed by atoms with van der Waals surface area (Å²) in [6.45, 7) is 20.8. The SMILES string of the molecule is CC(C)(C)c1ccc(-c2cc(C(C)(C)C)ccc2N2c3c(sc4ccccc34)B3c4c(c5ccc6cc(C(C)(C)C)cc7ccc(c42)c5c67)-c2cccc4c(-c5ccccc5)c(-c5ccccc5)n3c24)cc1. The van der Waals surface area contributed by atoms with E-state index in [0.717, 1.165) is 0 Å². The lowest BCUT2D eigenvalue weighted by atomic mass is 9.47. The average Bonchev–Trinajstić information content (AvgIpc) is 3.95. The first-order valence-corrected chi connectivity index (χ1v) is 26.6. The van der Waals surface area contributed by atoms with E-state index in [1.807, 2.05) is 11.3 Å². The van der Waals surface area contributed by atoms with Gasteiger partial charge in [-0.3, -0.25) is 0 Å². The number of para-hydroxylation sites is 1. The third-order valence-corrected chi connectivity index (χ3v) is 17.4. The summed E-state index contributed by atoms with van der Waals surface area (Å²) in [6.07, 6.45) is 0. The van der Waals surface area contributed by atoms with Crippen molar-refractivity contribution < 1.29 is 0 Å². The molecule has 4 heterocycles. The van der Waals surface area contributed by atoms with Gasteiger partial charge in [0.25, 0.3) is 0 Å². The Bertz CT molecular complexity index is 4170. The molecule has 14 rings (SSSR count). The van der Waals surface area contributed by atoms with Crippen molar-refractivity contribution in [2.45, 2.75) is 78.6 Å². The molecule has 12 aromatic rings. The smallest absolute Gasteiger partial charge is 0.343 e. The molecule has 0 saturated heterocycles. The van der Waals surface area contributed by atoms with E-state index >= 15 is 0 Å². The Morgan fingerprint density at radius 1 is 0.417 bits per heavy atom. The van der Waals surface area contributed by atoms with Crippen molar-refractivity contribution in [1.29, 1.82) is 0 Å². The molecule has 4 heteroatoms. The van der Waals surface area contributed by atoms with Crippen LogP contribution in [-0.4, -0.2) is 11.3 Å². The van der Waals surface area contributed by atoms with Crippen LogP contribution in [0.25, 0.3) is 97.9 Å². The lowest BCUT2D eigenvalue weighted by Crippen LogP contribution is -2.56. The molecule has 0 atom stereocenters. The highest BCUT2D eigenvalue weighted by molar-refractivity contribution is 7.32. The molecule has 0 fully saturated rings. The molecule has 0 unspecified atom stereocenters.